The molecule has 0 unspecified atom stereocenters. The van der Waals surface area contributed by atoms with Crippen LogP contribution in [0.5, 0.6) is 5.88 Å². The molecule has 0 amide bonds. The van der Waals surface area contributed by atoms with Gasteiger partial charge in [-0.1, -0.05) is 43.8 Å². The molecule has 1 aromatic heterocycles. The minimum atomic E-state index is -0.361. The molecule has 0 aliphatic carbocycles. The molecule has 1 heterocycles. The van der Waals surface area contributed by atoms with Gasteiger partial charge in [0.2, 0.25) is 5.88 Å². The second-order valence-electron chi connectivity index (χ2n) is 4.30. The molecule has 4 nitrogen and oxygen atoms in total. The average Bonchev–Trinajstić information content (AvgIpc) is 2.75. The van der Waals surface area contributed by atoms with Crippen LogP contribution in [0.15, 0.2) is 35.1 Å². The number of H-pyrrole nitrogens is 1. The third-order valence-electron chi connectivity index (χ3n) is 2.83. The summed E-state index contributed by atoms with van der Waals surface area (Å²) >= 11 is 6.67. The fraction of sp³-hybridized carbons (Fsp3) is 0.286. The number of thioether (sulfide) groups is 1. The van der Waals surface area contributed by atoms with E-state index in [0.717, 1.165) is 18.6 Å². The molecule has 0 saturated heterocycles. The van der Waals surface area contributed by atoms with Gasteiger partial charge in [-0.3, -0.25) is 9.89 Å². The van der Waals surface area contributed by atoms with Crippen molar-refractivity contribution in [3.63, 3.8) is 0 Å². The number of hydrogen-bond acceptors (Lipinski definition) is 4. The summed E-state index contributed by atoms with van der Waals surface area (Å²) < 4.78 is 1.79. The van der Waals surface area contributed by atoms with Crippen LogP contribution in [-0.4, -0.2) is 24.8 Å². The van der Waals surface area contributed by atoms with Gasteiger partial charge in [-0.05, 0) is 24.3 Å². The highest BCUT2D eigenvalue weighted by atomic mass is 32.2. The largest absolute Gasteiger partial charge is 0.493 e. The number of para-hydroxylation sites is 1. The minimum absolute atomic E-state index is 0.129. The highest BCUT2D eigenvalue weighted by Crippen LogP contribution is 2.23. The van der Waals surface area contributed by atoms with Crippen LogP contribution in [0.3, 0.4) is 0 Å². The van der Waals surface area contributed by atoms with Crippen LogP contribution >= 0.6 is 24.0 Å². The Kier molecular flexibility index (Phi) is 5.03. The molecule has 6 heteroatoms. The number of nitrogens with zero attached hydrogens (tertiary/aromatic N) is 1. The number of hydrogen-bond donors (Lipinski definition) is 2. The molecular formula is C14H16N2O2S2. The molecule has 0 spiro atoms. The molecule has 2 aromatic rings. The molecular weight excluding hydrogens is 292 g/mol. The van der Waals surface area contributed by atoms with Crippen molar-refractivity contribution in [2.45, 2.75) is 19.8 Å². The summed E-state index contributed by atoms with van der Waals surface area (Å²) in [5.74, 6) is 0.722. The Labute approximate surface area is 126 Å². The van der Waals surface area contributed by atoms with E-state index in [0.29, 0.717) is 9.88 Å². The third kappa shape index (κ3) is 3.13. The second-order valence-corrected chi connectivity index (χ2v) is 6.07. The number of aromatic hydroxyl groups is 1. The third-order valence-corrected chi connectivity index (χ3v) is 4.34. The van der Waals surface area contributed by atoms with Gasteiger partial charge in [0.1, 0.15) is 5.56 Å². The average molecular weight is 308 g/mol. The summed E-state index contributed by atoms with van der Waals surface area (Å²) in [6, 6.07) is 9.13. The molecule has 0 fully saturated rings. The van der Waals surface area contributed by atoms with E-state index in [1.54, 1.807) is 12.1 Å². The Morgan fingerprint density at radius 3 is 2.75 bits per heavy atom. The first-order valence-corrected chi connectivity index (χ1v) is 7.81. The Bertz CT molecular complexity index is 647. The van der Waals surface area contributed by atoms with Gasteiger partial charge in [0.25, 0.3) is 5.56 Å². The quantitative estimate of drug-likeness (QED) is 0.658. The molecule has 1 aromatic carbocycles. The predicted molar refractivity (Wildman–Crippen MR) is 87.1 cm³/mol. The fourth-order valence-corrected chi connectivity index (χ4v) is 3.13. The number of thiocarbonyl (C=S) groups is 1. The van der Waals surface area contributed by atoms with Gasteiger partial charge in [0.05, 0.1) is 9.88 Å². The maximum Gasteiger partial charge on any atom is 0.277 e. The number of aromatic nitrogens is 2. The van der Waals surface area contributed by atoms with Crippen molar-refractivity contribution in [3.8, 4) is 11.6 Å². The van der Waals surface area contributed by atoms with Gasteiger partial charge in [0.15, 0.2) is 0 Å². The maximum absolute atomic E-state index is 12.0. The first-order chi connectivity index (χ1) is 9.65. The van der Waals surface area contributed by atoms with Gasteiger partial charge in [-0.25, -0.2) is 4.68 Å². The first kappa shape index (κ1) is 14.9. The van der Waals surface area contributed by atoms with Crippen molar-refractivity contribution in [3.05, 3.63) is 46.2 Å². The smallest absolute Gasteiger partial charge is 0.277 e. The highest BCUT2D eigenvalue weighted by Gasteiger charge is 2.19. The zero-order valence-electron chi connectivity index (χ0n) is 11.1. The molecule has 20 heavy (non-hydrogen) atoms. The van der Waals surface area contributed by atoms with Crippen LogP contribution < -0.4 is 5.56 Å². The zero-order chi connectivity index (χ0) is 14.5. The van der Waals surface area contributed by atoms with Crippen LogP contribution in [0.1, 0.15) is 25.3 Å². The van der Waals surface area contributed by atoms with Gasteiger partial charge in [-0.2, -0.15) is 0 Å². The number of aromatic amines is 1. The molecule has 106 valence electrons. The van der Waals surface area contributed by atoms with E-state index in [1.807, 2.05) is 18.2 Å². The molecule has 0 atom stereocenters. The summed E-state index contributed by atoms with van der Waals surface area (Å²) in [5.41, 5.74) is 0.514. The zero-order valence-corrected chi connectivity index (χ0v) is 12.8. The Morgan fingerprint density at radius 2 is 2.10 bits per heavy atom. The first-order valence-electron chi connectivity index (χ1n) is 6.41. The highest BCUT2D eigenvalue weighted by molar-refractivity contribution is 8.23. The van der Waals surface area contributed by atoms with E-state index >= 15 is 0 Å². The van der Waals surface area contributed by atoms with E-state index in [2.05, 4.69) is 12.0 Å². The fourth-order valence-electron chi connectivity index (χ4n) is 1.75. The van der Waals surface area contributed by atoms with Gasteiger partial charge in [-0.15, -0.1) is 11.8 Å². The van der Waals surface area contributed by atoms with E-state index in [9.17, 15) is 9.90 Å². The Balaban J connectivity index is 2.30. The van der Waals surface area contributed by atoms with Crippen molar-refractivity contribution >= 4 is 28.2 Å². The lowest BCUT2D eigenvalue weighted by Crippen LogP contribution is -2.10. The maximum atomic E-state index is 12.0. The number of rotatable bonds is 5. The van der Waals surface area contributed by atoms with Crippen molar-refractivity contribution < 1.29 is 5.11 Å². The molecule has 0 bridgehead atoms. The van der Waals surface area contributed by atoms with Crippen LogP contribution in [0.25, 0.3) is 5.69 Å². The van der Waals surface area contributed by atoms with Gasteiger partial charge >= 0.3 is 0 Å². The monoisotopic (exact) mass is 308 g/mol. The van der Waals surface area contributed by atoms with E-state index < -0.39 is 0 Å². The van der Waals surface area contributed by atoms with Gasteiger partial charge in [0, 0.05) is 0 Å². The summed E-state index contributed by atoms with van der Waals surface area (Å²) in [7, 11) is 0. The topological polar surface area (TPSA) is 58.0 Å². The van der Waals surface area contributed by atoms with Crippen LogP contribution in [0.4, 0.5) is 0 Å². The molecule has 0 saturated carbocycles. The molecule has 2 N–H and O–H groups in total. The summed E-state index contributed by atoms with van der Waals surface area (Å²) in [5, 5.41) is 12.8. The van der Waals surface area contributed by atoms with Crippen LogP contribution in [0, 0.1) is 0 Å². The molecule has 0 aliphatic heterocycles. The number of unbranched alkanes of at least 4 members (excludes halogenated alkanes) is 1. The lowest BCUT2D eigenvalue weighted by atomic mass is 10.3. The Hall–Kier alpha value is -1.53. The van der Waals surface area contributed by atoms with E-state index in [4.69, 9.17) is 12.2 Å². The van der Waals surface area contributed by atoms with Gasteiger partial charge < -0.3 is 5.11 Å². The van der Waals surface area contributed by atoms with E-state index in [1.165, 1.54) is 16.4 Å². The van der Waals surface area contributed by atoms with Crippen molar-refractivity contribution in [2.75, 3.05) is 5.75 Å². The van der Waals surface area contributed by atoms with Crippen LogP contribution in [0.2, 0.25) is 0 Å². The summed E-state index contributed by atoms with van der Waals surface area (Å²) in [4.78, 5) is 12.0. The summed E-state index contributed by atoms with van der Waals surface area (Å²) in [6.07, 6.45) is 2.10. The van der Waals surface area contributed by atoms with Crippen LogP contribution in [-0.2, 0) is 0 Å². The SMILES string of the molecule is CCCCSC(=S)c1c(O)n(-c2ccccc2)[nH]c1=O. The normalized spacial score (nSPS) is 10.7. The number of benzene rings is 1. The lowest BCUT2D eigenvalue weighted by Gasteiger charge is -2.04. The second kappa shape index (κ2) is 6.76. The summed E-state index contributed by atoms with van der Waals surface area (Å²) in [6.45, 7) is 2.10. The number of nitrogens with one attached hydrogen (secondary N) is 1. The minimum Gasteiger partial charge on any atom is -0.493 e. The predicted octanol–water partition coefficient (Wildman–Crippen LogP) is 3.08. The molecule has 2 rings (SSSR count). The standard InChI is InChI=1S/C14H16N2O2S2/c1-2-3-9-20-14(19)11-12(17)15-16(13(11)18)10-7-5-4-6-8-10/h4-8,18H,2-3,9H2,1H3,(H,15,17). The Morgan fingerprint density at radius 1 is 1.40 bits per heavy atom. The molecule has 0 aliphatic rings. The lowest BCUT2D eigenvalue weighted by molar-refractivity contribution is 0.433. The molecule has 0 radical (unpaired) electrons. The van der Waals surface area contributed by atoms with Crippen molar-refractivity contribution in [1.29, 1.82) is 0 Å². The van der Waals surface area contributed by atoms with Crippen molar-refractivity contribution in [1.82, 2.24) is 9.78 Å². The van der Waals surface area contributed by atoms with Crippen molar-refractivity contribution in [2.24, 2.45) is 0 Å². The van der Waals surface area contributed by atoms with E-state index in [-0.39, 0.29) is 17.0 Å².